The highest BCUT2D eigenvalue weighted by molar-refractivity contribution is 5.57. The highest BCUT2D eigenvalue weighted by Gasteiger charge is 2.26. The average Bonchev–Trinajstić information content (AvgIpc) is 2.64. The van der Waals surface area contributed by atoms with Crippen molar-refractivity contribution >= 4 is 11.4 Å². The van der Waals surface area contributed by atoms with Gasteiger partial charge in [-0.2, -0.15) is 0 Å². The van der Waals surface area contributed by atoms with Gasteiger partial charge >= 0.3 is 0 Å². The zero-order chi connectivity index (χ0) is 17.6. The van der Waals surface area contributed by atoms with Crippen LogP contribution in [0.2, 0.25) is 0 Å². The molecule has 3 N–H and O–H groups in total. The maximum Gasteiger partial charge on any atom is 0.0389 e. The van der Waals surface area contributed by atoms with Crippen LogP contribution >= 0.6 is 0 Å². The van der Waals surface area contributed by atoms with Crippen LogP contribution in [0.3, 0.4) is 0 Å². The number of rotatable bonds is 6. The summed E-state index contributed by atoms with van der Waals surface area (Å²) in [5.41, 5.74) is 10.6. The van der Waals surface area contributed by atoms with E-state index in [1.165, 1.54) is 43.5 Å². The second-order valence-electron chi connectivity index (χ2n) is 7.26. The summed E-state index contributed by atoms with van der Waals surface area (Å²) < 4.78 is 0. The first kappa shape index (κ1) is 17.8. The average molecular weight is 338 g/mol. The van der Waals surface area contributed by atoms with E-state index in [1.807, 2.05) is 6.07 Å². The highest BCUT2D eigenvalue weighted by atomic mass is 15.2. The Labute approximate surface area is 152 Å². The van der Waals surface area contributed by atoms with E-state index in [0.717, 1.165) is 17.8 Å². The molecule has 1 aliphatic heterocycles. The quantitative estimate of drug-likeness (QED) is 0.729. The smallest absolute Gasteiger partial charge is 0.0389 e. The van der Waals surface area contributed by atoms with Crippen molar-refractivity contribution in [1.29, 1.82) is 0 Å². The lowest BCUT2D eigenvalue weighted by Crippen LogP contribution is -2.43. The van der Waals surface area contributed by atoms with E-state index in [2.05, 4.69) is 66.5 Å². The summed E-state index contributed by atoms with van der Waals surface area (Å²) in [6.07, 6.45) is 4.91. The minimum Gasteiger partial charge on any atom is -0.399 e. The Morgan fingerprint density at radius 1 is 1.20 bits per heavy atom. The van der Waals surface area contributed by atoms with Crippen molar-refractivity contribution in [2.75, 3.05) is 24.1 Å². The van der Waals surface area contributed by atoms with Crippen molar-refractivity contribution in [3.05, 3.63) is 59.7 Å². The van der Waals surface area contributed by atoms with E-state index in [0.29, 0.717) is 12.1 Å². The van der Waals surface area contributed by atoms with Gasteiger partial charge < -0.3 is 11.1 Å². The maximum absolute atomic E-state index is 5.95. The van der Waals surface area contributed by atoms with Crippen LogP contribution in [0.4, 0.5) is 11.4 Å². The summed E-state index contributed by atoms with van der Waals surface area (Å²) in [5, 5.41) is 3.73. The van der Waals surface area contributed by atoms with Gasteiger partial charge in [-0.3, -0.25) is 4.90 Å². The number of nitrogens with one attached hydrogen (secondary N) is 1. The van der Waals surface area contributed by atoms with Gasteiger partial charge in [0.15, 0.2) is 0 Å². The lowest BCUT2D eigenvalue weighted by molar-refractivity contribution is 0.146. The monoisotopic (exact) mass is 337 g/mol. The SMILES string of the molecule is CCCC(c1ccccc1)N1CCCC(Nc2ccc(N)c(C)c2)C1. The van der Waals surface area contributed by atoms with Crippen LogP contribution in [0, 0.1) is 6.92 Å². The minimum absolute atomic E-state index is 0.500. The molecule has 2 unspecified atom stereocenters. The Hall–Kier alpha value is -2.00. The van der Waals surface area contributed by atoms with Gasteiger partial charge in [-0.1, -0.05) is 43.7 Å². The third kappa shape index (κ3) is 4.55. The number of hydrogen-bond acceptors (Lipinski definition) is 3. The number of nitrogens with two attached hydrogens (primary N) is 1. The van der Waals surface area contributed by atoms with Crippen molar-refractivity contribution in [3.63, 3.8) is 0 Å². The van der Waals surface area contributed by atoms with Gasteiger partial charge in [-0.15, -0.1) is 0 Å². The van der Waals surface area contributed by atoms with Crippen LogP contribution in [0.25, 0.3) is 0 Å². The largest absolute Gasteiger partial charge is 0.399 e. The van der Waals surface area contributed by atoms with Crippen LogP contribution in [0.15, 0.2) is 48.5 Å². The summed E-state index contributed by atoms with van der Waals surface area (Å²) in [7, 11) is 0. The van der Waals surface area contributed by atoms with E-state index < -0.39 is 0 Å². The zero-order valence-corrected chi connectivity index (χ0v) is 15.5. The Kier molecular flexibility index (Phi) is 5.98. The number of nitrogen functional groups attached to an aromatic ring is 1. The van der Waals surface area contributed by atoms with Crippen molar-refractivity contribution in [3.8, 4) is 0 Å². The second-order valence-corrected chi connectivity index (χ2v) is 7.26. The molecular weight excluding hydrogens is 306 g/mol. The molecule has 1 heterocycles. The van der Waals surface area contributed by atoms with Crippen molar-refractivity contribution in [2.45, 2.75) is 51.6 Å². The third-order valence-corrected chi connectivity index (χ3v) is 5.28. The second kappa shape index (κ2) is 8.39. The third-order valence-electron chi connectivity index (χ3n) is 5.28. The summed E-state index contributed by atoms with van der Waals surface area (Å²) in [6, 6.07) is 18.3. The first-order chi connectivity index (χ1) is 12.2. The molecule has 3 nitrogen and oxygen atoms in total. The Morgan fingerprint density at radius 3 is 2.72 bits per heavy atom. The highest BCUT2D eigenvalue weighted by Crippen LogP contribution is 2.29. The Balaban J connectivity index is 1.69. The molecule has 1 saturated heterocycles. The van der Waals surface area contributed by atoms with Crippen molar-refractivity contribution in [2.24, 2.45) is 0 Å². The molecule has 2 aromatic carbocycles. The number of likely N-dealkylation sites (tertiary alicyclic amines) is 1. The summed E-state index contributed by atoms with van der Waals surface area (Å²) in [6.45, 7) is 6.65. The maximum atomic E-state index is 5.95. The number of nitrogens with zero attached hydrogens (tertiary/aromatic N) is 1. The molecule has 2 atom stereocenters. The van der Waals surface area contributed by atoms with Gasteiger partial charge in [0.2, 0.25) is 0 Å². The Morgan fingerprint density at radius 2 is 2.00 bits per heavy atom. The van der Waals surface area contributed by atoms with Crippen LogP contribution in [-0.2, 0) is 0 Å². The first-order valence-electron chi connectivity index (χ1n) is 9.59. The Bertz CT molecular complexity index is 668. The van der Waals surface area contributed by atoms with Gasteiger partial charge in [0.05, 0.1) is 0 Å². The number of benzene rings is 2. The van der Waals surface area contributed by atoms with Gasteiger partial charge in [-0.05, 0) is 62.1 Å². The summed E-state index contributed by atoms with van der Waals surface area (Å²) in [4.78, 5) is 2.67. The molecule has 0 amide bonds. The van der Waals surface area contributed by atoms with Gasteiger partial charge in [0.25, 0.3) is 0 Å². The summed E-state index contributed by atoms with van der Waals surface area (Å²) >= 11 is 0. The summed E-state index contributed by atoms with van der Waals surface area (Å²) in [5.74, 6) is 0. The fourth-order valence-electron chi connectivity index (χ4n) is 3.92. The first-order valence-corrected chi connectivity index (χ1v) is 9.59. The molecule has 25 heavy (non-hydrogen) atoms. The molecule has 3 rings (SSSR count). The number of anilines is 2. The fourth-order valence-corrected chi connectivity index (χ4v) is 3.92. The molecule has 0 bridgehead atoms. The lowest BCUT2D eigenvalue weighted by atomic mass is 9.96. The van der Waals surface area contributed by atoms with E-state index in [9.17, 15) is 0 Å². The number of hydrogen-bond donors (Lipinski definition) is 2. The normalized spacial score (nSPS) is 19.5. The van der Waals surface area contributed by atoms with E-state index >= 15 is 0 Å². The molecular formula is C22H31N3. The molecule has 0 aromatic heterocycles. The standard InChI is InChI=1S/C22H31N3/c1-3-8-22(18-9-5-4-6-10-18)25-14-7-11-20(16-25)24-19-12-13-21(23)17(2)15-19/h4-6,9-10,12-13,15,20,22,24H,3,7-8,11,14,16,23H2,1-2H3. The molecule has 1 aliphatic rings. The molecule has 3 heteroatoms. The van der Waals surface area contributed by atoms with Gasteiger partial charge in [0, 0.05) is 30.0 Å². The van der Waals surface area contributed by atoms with Crippen molar-refractivity contribution < 1.29 is 0 Å². The predicted octanol–water partition coefficient (Wildman–Crippen LogP) is 4.99. The molecule has 0 spiro atoms. The minimum atomic E-state index is 0.500. The molecule has 134 valence electrons. The van der Waals surface area contributed by atoms with E-state index in [4.69, 9.17) is 5.73 Å². The number of aryl methyl sites for hydroxylation is 1. The van der Waals surface area contributed by atoms with E-state index in [1.54, 1.807) is 0 Å². The van der Waals surface area contributed by atoms with Gasteiger partial charge in [-0.25, -0.2) is 0 Å². The van der Waals surface area contributed by atoms with Crippen LogP contribution in [0.5, 0.6) is 0 Å². The van der Waals surface area contributed by atoms with Crippen LogP contribution in [0.1, 0.15) is 49.8 Å². The fraction of sp³-hybridized carbons (Fsp3) is 0.455. The molecule has 0 saturated carbocycles. The van der Waals surface area contributed by atoms with Crippen LogP contribution < -0.4 is 11.1 Å². The zero-order valence-electron chi connectivity index (χ0n) is 15.5. The van der Waals surface area contributed by atoms with Gasteiger partial charge in [0.1, 0.15) is 0 Å². The van der Waals surface area contributed by atoms with Crippen LogP contribution in [-0.4, -0.2) is 24.0 Å². The topological polar surface area (TPSA) is 41.3 Å². The molecule has 2 aromatic rings. The van der Waals surface area contributed by atoms with Crippen molar-refractivity contribution in [1.82, 2.24) is 4.90 Å². The lowest BCUT2D eigenvalue weighted by Gasteiger charge is -2.39. The number of piperidine rings is 1. The molecule has 0 radical (unpaired) electrons. The van der Waals surface area contributed by atoms with E-state index in [-0.39, 0.29) is 0 Å². The molecule has 0 aliphatic carbocycles. The molecule has 1 fully saturated rings. The predicted molar refractivity (Wildman–Crippen MR) is 108 cm³/mol.